The molecule has 9 nitrogen and oxygen atoms in total. The molecule has 2 aliphatic rings. The van der Waals surface area contributed by atoms with E-state index >= 15 is 0 Å². The van der Waals surface area contributed by atoms with Crippen molar-refractivity contribution < 1.29 is 25.2 Å². The first-order valence-electron chi connectivity index (χ1n) is 6.76. The Morgan fingerprint density at radius 1 is 1.38 bits per heavy atom. The summed E-state index contributed by atoms with van der Waals surface area (Å²) < 4.78 is 6.90. The van der Waals surface area contributed by atoms with Crippen LogP contribution in [-0.4, -0.2) is 73.0 Å². The zero-order valence-electron chi connectivity index (χ0n) is 11.5. The predicted molar refractivity (Wildman–Crippen MR) is 69.3 cm³/mol. The quantitative estimate of drug-likeness (QED) is 0.470. The van der Waals surface area contributed by atoms with Crippen LogP contribution in [-0.2, 0) is 4.74 Å². The Hall–Kier alpha value is -1.68. The maximum Gasteiger partial charge on any atom is 0.218 e. The van der Waals surface area contributed by atoms with Crippen molar-refractivity contribution in [3.8, 4) is 0 Å². The number of rotatable bonds is 3. The van der Waals surface area contributed by atoms with E-state index in [1.54, 1.807) is 4.90 Å². The van der Waals surface area contributed by atoms with Gasteiger partial charge < -0.3 is 30.1 Å². The van der Waals surface area contributed by atoms with Gasteiger partial charge >= 0.3 is 0 Å². The fraction of sp³-hybridized carbons (Fsp3) is 0.667. The molecule has 9 heteroatoms. The second kappa shape index (κ2) is 5.26. The Balaban J connectivity index is 2.02. The molecule has 1 fully saturated rings. The topological polar surface area (TPSA) is 124 Å². The number of hydrogen-bond donors (Lipinski definition) is 4. The lowest BCUT2D eigenvalue weighted by Crippen LogP contribution is -2.45. The van der Waals surface area contributed by atoms with Crippen LogP contribution >= 0.6 is 0 Å². The van der Waals surface area contributed by atoms with Crippen molar-refractivity contribution in [2.45, 2.75) is 31.5 Å². The highest BCUT2D eigenvalue weighted by atomic mass is 16.6. The summed E-state index contributed by atoms with van der Waals surface area (Å²) in [6, 6.07) is 0. The second-order valence-electron chi connectivity index (χ2n) is 5.03. The highest BCUT2D eigenvalue weighted by molar-refractivity contribution is 5.30. The van der Waals surface area contributed by atoms with Gasteiger partial charge in [-0.2, -0.15) is 0 Å². The maximum absolute atomic E-state index is 10.1. The van der Waals surface area contributed by atoms with E-state index in [0.29, 0.717) is 17.4 Å². The van der Waals surface area contributed by atoms with E-state index in [1.165, 1.54) is 10.9 Å². The van der Waals surface area contributed by atoms with Crippen LogP contribution in [0.1, 0.15) is 13.2 Å². The number of aliphatic hydroxyl groups excluding tert-OH is 4. The minimum absolute atomic E-state index is 0.0213. The molecule has 0 unspecified atom stereocenters. The Bertz CT molecular complexity index is 645. The summed E-state index contributed by atoms with van der Waals surface area (Å²) in [5.41, 5.74) is 0.382. The first-order valence-corrected chi connectivity index (χ1v) is 6.76. The first-order chi connectivity index (χ1) is 10.1. The number of nitrogens with zero attached hydrogens (tertiary/aromatic N) is 4. The molecule has 2 aliphatic heterocycles. The number of aliphatic hydroxyl groups is 4. The molecule has 0 spiro atoms. The summed E-state index contributed by atoms with van der Waals surface area (Å²) in [6.07, 6.45) is -2.77. The van der Waals surface area contributed by atoms with E-state index < -0.39 is 31.1 Å². The summed E-state index contributed by atoms with van der Waals surface area (Å²) in [5, 5.41) is 39.4. The SMILES string of the molecule is CCN1CN=c2c(ncn2[C@@H]2O[C@H](CO)[C@@H](O)[C@H]2O)=C1O. The van der Waals surface area contributed by atoms with Gasteiger partial charge in [-0.05, 0) is 6.92 Å². The highest BCUT2D eigenvalue weighted by Crippen LogP contribution is 2.27. The molecule has 0 aliphatic carbocycles. The Kier molecular flexibility index (Phi) is 3.57. The summed E-state index contributed by atoms with van der Waals surface area (Å²) in [4.78, 5) is 10.1. The molecule has 0 amide bonds. The normalized spacial score (nSPS) is 32.2. The third kappa shape index (κ3) is 2.09. The average Bonchev–Trinajstić information content (AvgIpc) is 3.03. The molecule has 0 saturated carbocycles. The number of aromatic nitrogens is 2. The molecule has 3 heterocycles. The lowest BCUT2D eigenvalue weighted by atomic mass is 10.1. The molecule has 4 atom stereocenters. The fourth-order valence-electron chi connectivity index (χ4n) is 2.58. The van der Waals surface area contributed by atoms with Crippen LogP contribution in [0.15, 0.2) is 11.3 Å². The van der Waals surface area contributed by atoms with E-state index in [4.69, 9.17) is 9.84 Å². The third-order valence-corrected chi connectivity index (χ3v) is 3.84. The molecule has 1 saturated heterocycles. The van der Waals surface area contributed by atoms with Crippen molar-refractivity contribution in [3.63, 3.8) is 0 Å². The second-order valence-corrected chi connectivity index (χ2v) is 5.03. The molecular formula is C12H18N4O5. The maximum atomic E-state index is 10.1. The zero-order chi connectivity index (χ0) is 15.1. The van der Waals surface area contributed by atoms with E-state index in [9.17, 15) is 15.3 Å². The molecule has 1 aromatic rings. The van der Waals surface area contributed by atoms with Gasteiger partial charge in [-0.1, -0.05) is 0 Å². The van der Waals surface area contributed by atoms with E-state index in [-0.39, 0.29) is 12.6 Å². The van der Waals surface area contributed by atoms with Crippen LogP contribution in [0.25, 0.3) is 5.88 Å². The van der Waals surface area contributed by atoms with Crippen LogP contribution in [0.5, 0.6) is 0 Å². The standard InChI is InChI=1S/C12H18N4O5/c1-2-15-4-14-10-7(11(15)20)13-5-16(10)12-9(19)8(18)6(3-17)21-12/h5-6,8-9,12,17-20H,2-4H2,1H3/t6-,8-,9-,12-/m1/s1. The number of fused-ring (bicyclic) bond motifs is 1. The van der Waals surface area contributed by atoms with Gasteiger partial charge in [0.05, 0.1) is 12.9 Å². The molecule has 0 radical (unpaired) electrons. The third-order valence-electron chi connectivity index (χ3n) is 3.84. The average molecular weight is 298 g/mol. The van der Waals surface area contributed by atoms with E-state index in [0.717, 1.165) is 0 Å². The number of imidazole rings is 1. The Morgan fingerprint density at radius 3 is 2.76 bits per heavy atom. The number of ether oxygens (including phenoxy) is 1. The first kappa shape index (κ1) is 14.3. The monoisotopic (exact) mass is 298 g/mol. The van der Waals surface area contributed by atoms with Gasteiger partial charge in [-0.25, -0.2) is 9.98 Å². The summed E-state index contributed by atoms with van der Waals surface area (Å²) >= 11 is 0. The van der Waals surface area contributed by atoms with Crippen LogP contribution in [0.4, 0.5) is 0 Å². The van der Waals surface area contributed by atoms with Crippen LogP contribution < -0.4 is 10.8 Å². The molecule has 4 N–H and O–H groups in total. The van der Waals surface area contributed by atoms with Crippen LogP contribution in [0.2, 0.25) is 0 Å². The summed E-state index contributed by atoms with van der Waals surface area (Å²) in [6.45, 7) is 2.36. The molecule has 0 aromatic carbocycles. The molecule has 3 rings (SSSR count). The fourth-order valence-corrected chi connectivity index (χ4v) is 2.58. The molecule has 21 heavy (non-hydrogen) atoms. The molecule has 116 valence electrons. The lowest BCUT2D eigenvalue weighted by molar-refractivity contribution is -0.0546. The van der Waals surface area contributed by atoms with Gasteiger partial charge in [-0.15, -0.1) is 0 Å². The number of hydrogen-bond acceptors (Lipinski definition) is 8. The van der Waals surface area contributed by atoms with Crippen LogP contribution in [0.3, 0.4) is 0 Å². The van der Waals surface area contributed by atoms with Gasteiger partial charge in [0, 0.05) is 6.54 Å². The molecular weight excluding hydrogens is 280 g/mol. The smallest absolute Gasteiger partial charge is 0.218 e. The van der Waals surface area contributed by atoms with Crippen molar-refractivity contribution >= 4 is 5.88 Å². The Labute approximate surface area is 120 Å². The van der Waals surface area contributed by atoms with Crippen molar-refractivity contribution in [3.05, 3.63) is 17.2 Å². The largest absolute Gasteiger partial charge is 0.493 e. The Morgan fingerprint density at radius 2 is 2.14 bits per heavy atom. The zero-order valence-corrected chi connectivity index (χ0v) is 11.5. The van der Waals surface area contributed by atoms with Gasteiger partial charge in [0.2, 0.25) is 5.88 Å². The molecule has 0 bridgehead atoms. The van der Waals surface area contributed by atoms with Gasteiger partial charge in [0.15, 0.2) is 17.1 Å². The van der Waals surface area contributed by atoms with Crippen LogP contribution in [0, 0.1) is 0 Å². The van der Waals surface area contributed by atoms with Crippen molar-refractivity contribution in [1.29, 1.82) is 0 Å². The van der Waals surface area contributed by atoms with Crippen molar-refractivity contribution in [1.82, 2.24) is 14.5 Å². The summed E-state index contributed by atoms with van der Waals surface area (Å²) in [5.74, 6) is 0.0213. The van der Waals surface area contributed by atoms with Gasteiger partial charge in [0.1, 0.15) is 25.0 Å². The summed E-state index contributed by atoms with van der Waals surface area (Å²) in [7, 11) is 0. The highest BCUT2D eigenvalue weighted by Gasteiger charge is 2.43. The predicted octanol–water partition coefficient (Wildman–Crippen LogP) is -2.97. The lowest BCUT2D eigenvalue weighted by Gasteiger charge is -2.21. The van der Waals surface area contributed by atoms with Crippen molar-refractivity contribution in [2.24, 2.45) is 4.99 Å². The van der Waals surface area contributed by atoms with E-state index in [2.05, 4.69) is 9.98 Å². The van der Waals surface area contributed by atoms with Gasteiger partial charge in [0.25, 0.3) is 0 Å². The van der Waals surface area contributed by atoms with E-state index in [1.807, 2.05) is 6.92 Å². The molecule has 1 aromatic heterocycles. The van der Waals surface area contributed by atoms with Crippen molar-refractivity contribution in [2.75, 3.05) is 19.8 Å². The minimum atomic E-state index is -1.21. The van der Waals surface area contributed by atoms with Gasteiger partial charge in [-0.3, -0.25) is 4.57 Å². The minimum Gasteiger partial charge on any atom is -0.493 e.